The summed E-state index contributed by atoms with van der Waals surface area (Å²) in [6.45, 7) is 2.95. The van der Waals surface area contributed by atoms with Crippen LogP contribution in [0.25, 0.3) is 11.1 Å². The number of carbonyl (C=O) groups is 2. The van der Waals surface area contributed by atoms with Crippen molar-refractivity contribution in [2.75, 3.05) is 11.4 Å². The molecule has 0 aliphatic carbocycles. The van der Waals surface area contributed by atoms with Crippen LogP contribution in [-0.2, 0) is 29.0 Å². The third-order valence-electron chi connectivity index (χ3n) is 6.03. The Morgan fingerprint density at radius 3 is 2.73 bits per heavy atom. The topological polar surface area (TPSA) is 96.7 Å². The molecule has 3 aromatic rings. The van der Waals surface area contributed by atoms with E-state index in [2.05, 4.69) is 15.8 Å². The van der Waals surface area contributed by atoms with Crippen molar-refractivity contribution in [1.82, 2.24) is 15.8 Å². The third-order valence-corrected chi connectivity index (χ3v) is 6.03. The molecule has 2 N–H and O–H groups in total. The zero-order chi connectivity index (χ0) is 22.9. The monoisotopic (exact) mass is 450 g/mol. The molecule has 2 aliphatic heterocycles. The number of hydrogen-bond donors (Lipinski definition) is 2. The Morgan fingerprint density at radius 2 is 2.00 bits per heavy atom. The maximum Gasteiger partial charge on any atom is 0.415 e. The fraction of sp³-hybridized carbons (Fsp3) is 0.292. The van der Waals surface area contributed by atoms with E-state index in [9.17, 15) is 9.59 Å². The molecule has 1 fully saturated rings. The lowest BCUT2D eigenvalue weighted by molar-refractivity contribution is -0.119. The fourth-order valence-electron chi connectivity index (χ4n) is 4.40. The molecule has 8 nitrogen and oxygen atoms in total. The van der Waals surface area contributed by atoms with Crippen LogP contribution in [0.5, 0.6) is 0 Å². The van der Waals surface area contributed by atoms with E-state index >= 15 is 4.39 Å². The van der Waals surface area contributed by atoms with Crippen LogP contribution in [0, 0.1) is 5.82 Å². The van der Waals surface area contributed by atoms with Gasteiger partial charge in [-0.25, -0.2) is 9.18 Å². The Balaban J connectivity index is 1.30. The Morgan fingerprint density at radius 1 is 1.21 bits per heavy atom. The number of aromatic nitrogens is 1. The highest BCUT2D eigenvalue weighted by Crippen LogP contribution is 2.41. The average Bonchev–Trinajstić information content (AvgIpc) is 3.50. The van der Waals surface area contributed by atoms with Crippen LogP contribution >= 0.6 is 0 Å². The van der Waals surface area contributed by atoms with Gasteiger partial charge in [-0.05, 0) is 35.2 Å². The van der Waals surface area contributed by atoms with Crippen LogP contribution < -0.4 is 15.5 Å². The summed E-state index contributed by atoms with van der Waals surface area (Å²) in [6, 6.07) is 10.7. The maximum absolute atomic E-state index is 15.1. The van der Waals surface area contributed by atoms with Gasteiger partial charge in [-0.2, -0.15) is 0 Å². The molecule has 9 heteroatoms. The standard InChI is InChI=1S/C24H23FN4O4/c1-14(30)27-12-23-22-7-18-6-19(20(25)8-21(18)29(22)24(31)33-23)17-4-2-15(3-5-17)9-26-10-16-11-28-32-13-16/h2-6,8,11,13,22-23,26H,7,9-10,12H2,1H3,(H,27,30)/t22-,23?/m0/s1. The van der Waals surface area contributed by atoms with Gasteiger partial charge in [0.05, 0.1) is 24.5 Å². The molecule has 5 rings (SSSR count). The van der Waals surface area contributed by atoms with Gasteiger partial charge in [0.1, 0.15) is 18.2 Å². The van der Waals surface area contributed by atoms with Crippen LogP contribution in [0.4, 0.5) is 14.9 Å². The summed E-state index contributed by atoms with van der Waals surface area (Å²) >= 11 is 0. The van der Waals surface area contributed by atoms with Gasteiger partial charge in [0, 0.05) is 31.1 Å². The van der Waals surface area contributed by atoms with Gasteiger partial charge in [0.2, 0.25) is 5.91 Å². The lowest BCUT2D eigenvalue weighted by Crippen LogP contribution is -2.40. The summed E-state index contributed by atoms with van der Waals surface area (Å²) < 4.78 is 25.3. The molecule has 2 aliphatic rings. The van der Waals surface area contributed by atoms with Gasteiger partial charge in [-0.15, -0.1) is 0 Å². The van der Waals surface area contributed by atoms with E-state index in [1.165, 1.54) is 17.9 Å². The molecule has 1 saturated heterocycles. The predicted molar refractivity (Wildman–Crippen MR) is 118 cm³/mol. The Hall–Kier alpha value is -3.72. The Labute approximate surface area is 189 Å². The fourth-order valence-corrected chi connectivity index (χ4v) is 4.40. The molecule has 2 amide bonds. The predicted octanol–water partition coefficient (Wildman–Crippen LogP) is 3.16. The lowest BCUT2D eigenvalue weighted by atomic mass is 9.98. The summed E-state index contributed by atoms with van der Waals surface area (Å²) in [5.74, 6) is -0.587. The molecule has 0 radical (unpaired) electrons. The molecule has 2 atom stereocenters. The Kier molecular flexibility index (Phi) is 5.55. The minimum Gasteiger partial charge on any atom is -0.442 e. The summed E-state index contributed by atoms with van der Waals surface area (Å²) in [5, 5.41) is 9.67. The number of hydrogen-bond acceptors (Lipinski definition) is 6. The number of cyclic esters (lactones) is 1. The van der Waals surface area contributed by atoms with E-state index < -0.39 is 18.0 Å². The quantitative estimate of drug-likeness (QED) is 0.574. The van der Waals surface area contributed by atoms with Crippen molar-refractivity contribution in [2.45, 2.75) is 38.6 Å². The molecule has 33 heavy (non-hydrogen) atoms. The van der Waals surface area contributed by atoms with E-state index in [4.69, 9.17) is 9.26 Å². The number of rotatable bonds is 7. The van der Waals surface area contributed by atoms with E-state index in [1.807, 2.05) is 30.3 Å². The number of benzene rings is 2. The Bertz CT molecular complexity index is 1180. The van der Waals surface area contributed by atoms with Crippen molar-refractivity contribution in [3.8, 4) is 11.1 Å². The molecule has 0 saturated carbocycles. The first-order valence-electron chi connectivity index (χ1n) is 10.7. The van der Waals surface area contributed by atoms with Crippen LogP contribution in [0.3, 0.4) is 0 Å². The summed E-state index contributed by atoms with van der Waals surface area (Å²) in [4.78, 5) is 25.1. The van der Waals surface area contributed by atoms with Crippen molar-refractivity contribution in [2.24, 2.45) is 0 Å². The van der Waals surface area contributed by atoms with Gasteiger partial charge < -0.3 is 19.9 Å². The smallest absolute Gasteiger partial charge is 0.415 e. The van der Waals surface area contributed by atoms with Crippen molar-refractivity contribution >= 4 is 17.7 Å². The third kappa shape index (κ3) is 4.19. The number of nitrogens with one attached hydrogen (secondary N) is 2. The molecule has 170 valence electrons. The van der Waals surface area contributed by atoms with E-state index in [-0.39, 0.29) is 18.5 Å². The highest BCUT2D eigenvalue weighted by molar-refractivity contribution is 5.94. The van der Waals surface area contributed by atoms with Gasteiger partial charge in [0.25, 0.3) is 0 Å². The zero-order valence-corrected chi connectivity index (χ0v) is 18.0. The molecule has 1 unspecified atom stereocenters. The van der Waals surface area contributed by atoms with Gasteiger partial charge in [-0.1, -0.05) is 29.4 Å². The van der Waals surface area contributed by atoms with Crippen molar-refractivity contribution in [3.63, 3.8) is 0 Å². The minimum atomic E-state index is -0.510. The van der Waals surface area contributed by atoms with E-state index in [1.54, 1.807) is 12.5 Å². The molecule has 2 aromatic carbocycles. The van der Waals surface area contributed by atoms with Crippen molar-refractivity contribution in [3.05, 3.63) is 71.4 Å². The second kappa shape index (κ2) is 8.67. The first-order valence-corrected chi connectivity index (χ1v) is 10.7. The van der Waals surface area contributed by atoms with Crippen molar-refractivity contribution < 1.29 is 23.2 Å². The number of carbonyl (C=O) groups excluding carboxylic acids is 2. The molecule has 0 bridgehead atoms. The number of fused-ring (bicyclic) bond motifs is 3. The van der Waals surface area contributed by atoms with Gasteiger partial charge >= 0.3 is 6.09 Å². The second-order valence-electron chi connectivity index (χ2n) is 8.29. The highest BCUT2D eigenvalue weighted by Gasteiger charge is 2.47. The molecule has 0 spiro atoms. The number of anilines is 1. The molecular formula is C24H23FN4O4. The largest absolute Gasteiger partial charge is 0.442 e. The van der Waals surface area contributed by atoms with Crippen molar-refractivity contribution in [1.29, 1.82) is 0 Å². The second-order valence-corrected chi connectivity index (χ2v) is 8.29. The van der Waals surface area contributed by atoms with Gasteiger partial charge in [-0.3, -0.25) is 9.69 Å². The summed E-state index contributed by atoms with van der Waals surface area (Å²) in [7, 11) is 0. The first-order chi connectivity index (χ1) is 16.0. The minimum absolute atomic E-state index is 0.189. The number of halogens is 1. The van der Waals surface area contributed by atoms with Crippen LogP contribution in [0.2, 0.25) is 0 Å². The zero-order valence-electron chi connectivity index (χ0n) is 18.0. The molecule has 3 heterocycles. The molecule has 1 aromatic heterocycles. The maximum atomic E-state index is 15.1. The number of amides is 2. The summed E-state index contributed by atoms with van der Waals surface area (Å²) in [5.41, 5.74) is 4.72. The highest BCUT2D eigenvalue weighted by atomic mass is 19.1. The van der Waals surface area contributed by atoms with Crippen LogP contribution in [0.15, 0.2) is 53.4 Å². The van der Waals surface area contributed by atoms with Crippen LogP contribution in [-0.4, -0.2) is 35.8 Å². The van der Waals surface area contributed by atoms with Gasteiger partial charge in [0.15, 0.2) is 0 Å². The van der Waals surface area contributed by atoms with E-state index in [0.29, 0.717) is 30.8 Å². The number of nitrogens with zero attached hydrogens (tertiary/aromatic N) is 2. The summed E-state index contributed by atoms with van der Waals surface area (Å²) in [6.07, 6.45) is 2.83. The van der Waals surface area contributed by atoms with Crippen LogP contribution in [0.1, 0.15) is 23.6 Å². The first kappa shape index (κ1) is 21.1. The normalized spacial score (nSPS) is 18.7. The SMILES string of the molecule is CC(=O)NCC1OC(=O)N2c3cc(F)c(-c4ccc(CNCc5cnoc5)cc4)cc3C[C@@H]12. The van der Waals surface area contributed by atoms with E-state index in [0.717, 1.165) is 22.3 Å². The lowest BCUT2D eigenvalue weighted by Gasteiger charge is -2.16. The number of ether oxygens (including phenoxy) is 1. The average molecular weight is 450 g/mol. The molecular weight excluding hydrogens is 427 g/mol.